The van der Waals surface area contributed by atoms with Crippen LogP contribution in [0.5, 0.6) is 0 Å². The van der Waals surface area contributed by atoms with Crippen molar-refractivity contribution in [2.45, 2.75) is 37.8 Å². The number of aromatic nitrogens is 1. The van der Waals surface area contributed by atoms with Gasteiger partial charge in [-0.15, -0.1) is 0 Å². The summed E-state index contributed by atoms with van der Waals surface area (Å²) in [6.07, 6.45) is 5.46. The summed E-state index contributed by atoms with van der Waals surface area (Å²) in [5, 5.41) is 8.64. The number of hydrogen-bond donors (Lipinski definition) is 1. The van der Waals surface area contributed by atoms with Gasteiger partial charge in [0.1, 0.15) is 17.9 Å². The molecular formula is C15H20N2O4. The number of ether oxygens (including phenoxy) is 1. The fourth-order valence-electron chi connectivity index (χ4n) is 2.95. The number of carboxylic acid groups (broad SMARTS) is 1. The fourth-order valence-corrected chi connectivity index (χ4v) is 2.95. The zero-order valence-electron chi connectivity index (χ0n) is 12.1. The normalized spacial score (nSPS) is 20.7. The number of rotatable bonds is 5. The Kier molecular flexibility index (Phi) is 3.49. The van der Waals surface area contributed by atoms with E-state index >= 15 is 0 Å². The summed E-state index contributed by atoms with van der Waals surface area (Å²) in [4.78, 5) is 24.8. The predicted molar refractivity (Wildman–Crippen MR) is 75.2 cm³/mol. The lowest BCUT2D eigenvalue weighted by atomic mass is 9.92. The lowest BCUT2D eigenvalue weighted by Crippen LogP contribution is -2.63. The maximum atomic E-state index is 12.5. The molecule has 1 aliphatic carbocycles. The minimum Gasteiger partial charge on any atom is -0.480 e. The maximum Gasteiger partial charge on any atom is 0.329 e. The molecule has 2 heterocycles. The van der Waals surface area contributed by atoms with E-state index in [4.69, 9.17) is 9.84 Å². The quantitative estimate of drug-likeness (QED) is 0.893. The van der Waals surface area contributed by atoms with Gasteiger partial charge in [-0.1, -0.05) is 0 Å². The molecule has 0 unspecified atom stereocenters. The number of nitrogens with zero attached hydrogens (tertiary/aromatic N) is 2. The standard InChI is InChI=1S/C15H20N2O4/c1-15(21-8-13(18)19)9-16(10-15)14(20)12-6-3-7-17(12)11-4-2-5-11/h3,6-7,11H,2,4-5,8-10H2,1H3,(H,18,19). The Morgan fingerprint density at radius 3 is 2.71 bits per heavy atom. The molecule has 1 saturated carbocycles. The summed E-state index contributed by atoms with van der Waals surface area (Å²) < 4.78 is 7.40. The van der Waals surface area contributed by atoms with Gasteiger partial charge in [-0.3, -0.25) is 4.79 Å². The van der Waals surface area contributed by atoms with Crippen LogP contribution in [0.25, 0.3) is 0 Å². The van der Waals surface area contributed by atoms with E-state index in [0.29, 0.717) is 19.1 Å². The molecule has 0 radical (unpaired) electrons. The Hall–Kier alpha value is -1.82. The molecule has 0 spiro atoms. The third-order valence-corrected chi connectivity index (χ3v) is 4.35. The molecule has 0 atom stereocenters. The number of hydrogen-bond acceptors (Lipinski definition) is 3. The van der Waals surface area contributed by atoms with E-state index < -0.39 is 11.6 Å². The highest BCUT2D eigenvalue weighted by Crippen LogP contribution is 2.34. The Labute approximate surface area is 123 Å². The van der Waals surface area contributed by atoms with Gasteiger partial charge in [0.05, 0.1) is 13.1 Å². The summed E-state index contributed by atoms with van der Waals surface area (Å²) in [7, 11) is 0. The third-order valence-electron chi connectivity index (χ3n) is 4.35. The third kappa shape index (κ3) is 2.68. The largest absolute Gasteiger partial charge is 0.480 e. The maximum absolute atomic E-state index is 12.5. The van der Waals surface area contributed by atoms with Crippen molar-refractivity contribution in [3.63, 3.8) is 0 Å². The summed E-state index contributed by atoms with van der Waals surface area (Å²) in [6.45, 7) is 2.39. The van der Waals surface area contributed by atoms with E-state index in [1.807, 2.05) is 25.3 Å². The molecule has 1 amide bonds. The van der Waals surface area contributed by atoms with E-state index in [-0.39, 0.29) is 12.5 Å². The van der Waals surface area contributed by atoms with Crippen LogP contribution < -0.4 is 0 Å². The molecule has 1 aromatic rings. The molecule has 114 valence electrons. The summed E-state index contributed by atoms with van der Waals surface area (Å²) in [5.41, 5.74) is 0.182. The molecule has 0 aromatic carbocycles. The van der Waals surface area contributed by atoms with Gasteiger partial charge in [-0.25, -0.2) is 4.79 Å². The SMILES string of the molecule is CC1(OCC(=O)O)CN(C(=O)c2cccn2C2CCC2)C1. The van der Waals surface area contributed by atoms with Crippen molar-refractivity contribution in [3.05, 3.63) is 24.0 Å². The first-order valence-corrected chi connectivity index (χ1v) is 7.30. The van der Waals surface area contributed by atoms with Crippen LogP contribution in [-0.4, -0.2) is 51.7 Å². The topological polar surface area (TPSA) is 71.8 Å². The highest BCUT2D eigenvalue weighted by Gasteiger charge is 2.43. The number of carbonyl (C=O) groups is 2. The molecule has 1 aliphatic heterocycles. The summed E-state index contributed by atoms with van der Waals surface area (Å²) in [5.74, 6) is -0.983. The number of likely N-dealkylation sites (tertiary alicyclic amines) is 1. The van der Waals surface area contributed by atoms with Gasteiger partial charge in [-0.05, 0) is 38.3 Å². The van der Waals surface area contributed by atoms with Crippen LogP contribution in [-0.2, 0) is 9.53 Å². The van der Waals surface area contributed by atoms with Crippen LogP contribution in [0.15, 0.2) is 18.3 Å². The van der Waals surface area contributed by atoms with Crippen LogP contribution in [0.1, 0.15) is 42.7 Å². The minimum absolute atomic E-state index is 0.00306. The second-order valence-corrected chi connectivity index (χ2v) is 6.18. The molecule has 21 heavy (non-hydrogen) atoms. The lowest BCUT2D eigenvalue weighted by Gasteiger charge is -2.47. The molecular weight excluding hydrogens is 272 g/mol. The van der Waals surface area contributed by atoms with Gasteiger partial charge >= 0.3 is 5.97 Å². The van der Waals surface area contributed by atoms with Crippen molar-refractivity contribution >= 4 is 11.9 Å². The van der Waals surface area contributed by atoms with Crippen molar-refractivity contribution in [2.24, 2.45) is 0 Å². The lowest BCUT2D eigenvalue weighted by molar-refractivity contribution is -0.160. The van der Waals surface area contributed by atoms with Crippen molar-refractivity contribution in [3.8, 4) is 0 Å². The van der Waals surface area contributed by atoms with Gasteiger partial charge < -0.3 is 19.3 Å². The van der Waals surface area contributed by atoms with Crippen molar-refractivity contribution in [1.82, 2.24) is 9.47 Å². The monoisotopic (exact) mass is 292 g/mol. The van der Waals surface area contributed by atoms with E-state index in [2.05, 4.69) is 4.57 Å². The first-order valence-electron chi connectivity index (χ1n) is 7.30. The Morgan fingerprint density at radius 1 is 1.43 bits per heavy atom. The number of aliphatic carboxylic acids is 1. The van der Waals surface area contributed by atoms with Gasteiger partial charge in [0.2, 0.25) is 0 Å². The number of carbonyl (C=O) groups excluding carboxylic acids is 1. The summed E-state index contributed by atoms with van der Waals surface area (Å²) >= 11 is 0. The second-order valence-electron chi connectivity index (χ2n) is 6.18. The van der Waals surface area contributed by atoms with Crippen LogP contribution in [0.3, 0.4) is 0 Å². The summed E-state index contributed by atoms with van der Waals surface area (Å²) in [6, 6.07) is 4.22. The van der Waals surface area contributed by atoms with Crippen LogP contribution >= 0.6 is 0 Å². The molecule has 3 rings (SSSR count). The molecule has 1 saturated heterocycles. The van der Waals surface area contributed by atoms with Gasteiger partial charge in [-0.2, -0.15) is 0 Å². The predicted octanol–water partition coefficient (Wildman–Crippen LogP) is 1.53. The van der Waals surface area contributed by atoms with Crippen molar-refractivity contribution in [2.75, 3.05) is 19.7 Å². The molecule has 0 bridgehead atoms. The van der Waals surface area contributed by atoms with E-state index in [1.165, 1.54) is 6.42 Å². The molecule has 1 N–H and O–H groups in total. The Balaban J connectivity index is 1.60. The van der Waals surface area contributed by atoms with Crippen molar-refractivity contribution < 1.29 is 19.4 Å². The van der Waals surface area contributed by atoms with Gasteiger partial charge in [0.25, 0.3) is 5.91 Å². The molecule has 6 heteroatoms. The minimum atomic E-state index is -0.986. The molecule has 2 fully saturated rings. The average Bonchev–Trinajstić information content (AvgIpc) is 2.79. The van der Waals surface area contributed by atoms with Crippen LogP contribution in [0.2, 0.25) is 0 Å². The van der Waals surface area contributed by atoms with Crippen LogP contribution in [0, 0.1) is 0 Å². The van der Waals surface area contributed by atoms with Gasteiger partial charge in [0, 0.05) is 12.2 Å². The Morgan fingerprint density at radius 2 is 2.14 bits per heavy atom. The van der Waals surface area contributed by atoms with Crippen molar-refractivity contribution in [1.29, 1.82) is 0 Å². The van der Waals surface area contributed by atoms with E-state index in [0.717, 1.165) is 18.5 Å². The number of carboxylic acids is 1. The zero-order chi connectivity index (χ0) is 15.0. The molecule has 1 aromatic heterocycles. The van der Waals surface area contributed by atoms with Gasteiger partial charge in [0.15, 0.2) is 0 Å². The fraction of sp³-hybridized carbons (Fsp3) is 0.600. The van der Waals surface area contributed by atoms with E-state index in [9.17, 15) is 9.59 Å². The number of amides is 1. The van der Waals surface area contributed by atoms with Crippen LogP contribution in [0.4, 0.5) is 0 Å². The second kappa shape index (κ2) is 5.18. The first kappa shape index (κ1) is 14.1. The molecule has 6 nitrogen and oxygen atoms in total. The van der Waals surface area contributed by atoms with E-state index in [1.54, 1.807) is 4.90 Å². The Bertz CT molecular complexity index is 556. The molecule has 2 aliphatic rings. The zero-order valence-corrected chi connectivity index (χ0v) is 12.1. The average molecular weight is 292 g/mol. The highest BCUT2D eigenvalue weighted by atomic mass is 16.5. The highest BCUT2D eigenvalue weighted by molar-refractivity contribution is 5.93. The first-order chi connectivity index (χ1) is 9.98. The smallest absolute Gasteiger partial charge is 0.329 e.